The molecule has 0 spiro atoms. The molecular weight excluding hydrogens is 537 g/mol. The zero-order valence-corrected chi connectivity index (χ0v) is 22.7. The second-order valence-corrected chi connectivity index (χ2v) is 10.5. The van der Waals surface area contributed by atoms with Crippen LogP contribution in [0.15, 0.2) is 42.5 Å². The zero-order chi connectivity index (χ0) is 29.6. The van der Waals surface area contributed by atoms with E-state index in [0.29, 0.717) is 57.7 Å². The number of aliphatic carboxylic acids is 1. The van der Waals surface area contributed by atoms with E-state index in [1.54, 1.807) is 44.2 Å². The number of fused-ring (bicyclic) bond motifs is 2. The lowest BCUT2D eigenvalue weighted by atomic mass is 9.85. The van der Waals surface area contributed by atoms with Gasteiger partial charge >= 0.3 is 12.1 Å². The number of carbonyl (C=O) groups excluding carboxylic acids is 1. The van der Waals surface area contributed by atoms with E-state index in [-0.39, 0.29) is 30.3 Å². The van der Waals surface area contributed by atoms with Gasteiger partial charge in [-0.15, -0.1) is 0 Å². The number of carboxylic acids is 1. The Balaban J connectivity index is 1.52. The number of carbonyl (C=O) groups is 2. The smallest absolute Gasteiger partial charge is 0.417 e. The highest BCUT2D eigenvalue weighted by Gasteiger charge is 2.39. The quantitative estimate of drug-likeness (QED) is 0.234. The summed E-state index contributed by atoms with van der Waals surface area (Å²) in [5.74, 6) is -0.633. The van der Waals surface area contributed by atoms with Crippen LogP contribution in [0.25, 0.3) is 11.1 Å². The van der Waals surface area contributed by atoms with Crippen LogP contribution < -0.4 is 14.8 Å². The number of alkyl halides is 3. The maximum Gasteiger partial charge on any atom is 0.417 e. The second kappa shape index (κ2) is 10.6. The summed E-state index contributed by atoms with van der Waals surface area (Å²) < 4.78 is 55.0. The van der Waals surface area contributed by atoms with Crippen LogP contribution in [-0.4, -0.2) is 29.4 Å². The minimum Gasteiger partial charge on any atom is -0.492 e. The van der Waals surface area contributed by atoms with Crippen LogP contribution in [0.4, 0.5) is 13.2 Å². The van der Waals surface area contributed by atoms with Crippen molar-refractivity contribution in [3.8, 4) is 22.6 Å². The number of carboxylic acid groups (broad SMARTS) is 1. The lowest BCUT2D eigenvalue weighted by Gasteiger charge is -2.22. The molecule has 7 nitrogen and oxygen atoms in total. The highest BCUT2D eigenvalue weighted by atomic mass is 19.4. The van der Waals surface area contributed by atoms with Crippen LogP contribution in [0.3, 0.4) is 0 Å². The van der Waals surface area contributed by atoms with Crippen molar-refractivity contribution in [2.45, 2.75) is 58.2 Å². The Kier molecular flexibility index (Phi) is 7.27. The van der Waals surface area contributed by atoms with E-state index >= 15 is 0 Å². The Morgan fingerprint density at radius 2 is 1.76 bits per heavy atom. The summed E-state index contributed by atoms with van der Waals surface area (Å²) in [5.41, 5.74) is 3.40. The van der Waals surface area contributed by atoms with Gasteiger partial charge in [0.15, 0.2) is 0 Å². The predicted molar refractivity (Wildman–Crippen MR) is 146 cm³/mol. The third kappa shape index (κ3) is 5.51. The molecule has 1 amide bonds. The van der Waals surface area contributed by atoms with Crippen molar-refractivity contribution in [1.82, 2.24) is 5.32 Å². The number of nitrogens with one attached hydrogen (secondary N) is 2. The fourth-order valence-electron chi connectivity index (χ4n) is 5.93. The van der Waals surface area contributed by atoms with E-state index in [0.717, 1.165) is 11.6 Å². The van der Waals surface area contributed by atoms with Crippen molar-refractivity contribution < 1.29 is 37.3 Å². The van der Waals surface area contributed by atoms with Gasteiger partial charge in [0.2, 0.25) is 5.91 Å². The molecule has 5 rings (SSSR count). The molecule has 0 saturated heterocycles. The number of ether oxygens (including phenoxy) is 2. The summed E-state index contributed by atoms with van der Waals surface area (Å²) in [6.45, 7) is 4.97. The van der Waals surface area contributed by atoms with Crippen LogP contribution in [0.5, 0.6) is 11.5 Å². The van der Waals surface area contributed by atoms with Crippen LogP contribution in [0.1, 0.15) is 70.7 Å². The van der Waals surface area contributed by atoms with Crippen molar-refractivity contribution in [1.29, 1.82) is 5.41 Å². The molecule has 0 bridgehead atoms. The maximum atomic E-state index is 14.3. The number of benzene rings is 3. The summed E-state index contributed by atoms with van der Waals surface area (Å²) in [7, 11) is 0. The molecule has 41 heavy (non-hydrogen) atoms. The van der Waals surface area contributed by atoms with Crippen molar-refractivity contribution in [2.75, 3.05) is 6.61 Å². The normalized spacial score (nSPS) is 17.4. The molecular formula is C31H29F3N2O5. The van der Waals surface area contributed by atoms with Crippen LogP contribution >= 0.6 is 0 Å². The Labute approximate surface area is 234 Å². The van der Waals surface area contributed by atoms with E-state index < -0.39 is 29.7 Å². The van der Waals surface area contributed by atoms with E-state index in [9.17, 15) is 22.8 Å². The zero-order valence-electron chi connectivity index (χ0n) is 22.7. The van der Waals surface area contributed by atoms with Gasteiger partial charge in [0.05, 0.1) is 18.6 Å². The Bertz CT molecular complexity index is 1560. The van der Waals surface area contributed by atoms with Gasteiger partial charge in [-0.05, 0) is 84.3 Å². The standard InChI is InChI=1S/C31H29F3N2O5/c1-15-10-18(30(35)36-17(3)37)11-16(2)28(15)29-23-7-9-25(22(23)6-8-24(29)31(32,33)34)41-20-4-5-21-19(12-27(38)39)14-40-26(21)13-20/h4-6,8,10-11,13,19,25H,7,9,12,14H2,1-3H3,(H,38,39)(H2,35,36,37)/t19?,25-/m1/s1. The average Bonchev–Trinajstić information content (AvgIpc) is 3.46. The Morgan fingerprint density at radius 3 is 2.39 bits per heavy atom. The lowest BCUT2D eigenvalue weighted by molar-refractivity contribution is -0.138. The van der Waals surface area contributed by atoms with Gasteiger partial charge in [-0.25, -0.2) is 0 Å². The van der Waals surface area contributed by atoms with Gasteiger partial charge < -0.3 is 19.9 Å². The number of halogens is 3. The molecule has 1 aliphatic heterocycles. The first-order valence-corrected chi connectivity index (χ1v) is 13.2. The molecule has 0 aromatic heterocycles. The van der Waals surface area contributed by atoms with Gasteiger partial charge in [-0.3, -0.25) is 15.0 Å². The molecule has 2 aliphatic rings. The number of amidine groups is 1. The van der Waals surface area contributed by atoms with Gasteiger partial charge in [-0.1, -0.05) is 12.1 Å². The number of hydrogen-bond donors (Lipinski definition) is 3. The fourth-order valence-corrected chi connectivity index (χ4v) is 5.93. The van der Waals surface area contributed by atoms with Crippen LogP contribution in [0.2, 0.25) is 0 Å². The Morgan fingerprint density at radius 1 is 1.07 bits per heavy atom. The Hall–Kier alpha value is -4.34. The molecule has 0 radical (unpaired) electrons. The molecule has 0 saturated carbocycles. The number of amides is 1. The molecule has 214 valence electrons. The topological polar surface area (TPSA) is 109 Å². The number of rotatable bonds is 6. The molecule has 10 heteroatoms. The molecule has 1 unspecified atom stereocenters. The highest BCUT2D eigenvalue weighted by Crippen LogP contribution is 2.48. The third-order valence-corrected chi connectivity index (χ3v) is 7.59. The minimum absolute atomic E-state index is 0.0400. The summed E-state index contributed by atoms with van der Waals surface area (Å²) in [6.07, 6.45) is -4.25. The fraction of sp³-hybridized carbons (Fsp3) is 0.323. The molecule has 0 fully saturated rings. The summed E-state index contributed by atoms with van der Waals surface area (Å²) in [4.78, 5) is 22.6. The maximum absolute atomic E-state index is 14.3. The van der Waals surface area contributed by atoms with Crippen molar-refractivity contribution in [3.63, 3.8) is 0 Å². The van der Waals surface area contributed by atoms with E-state index in [1.165, 1.54) is 13.0 Å². The van der Waals surface area contributed by atoms with Crippen molar-refractivity contribution in [2.24, 2.45) is 0 Å². The molecule has 3 N–H and O–H groups in total. The van der Waals surface area contributed by atoms with E-state index in [1.807, 2.05) is 0 Å². The van der Waals surface area contributed by atoms with Gasteiger partial charge in [0, 0.05) is 30.0 Å². The second-order valence-electron chi connectivity index (χ2n) is 10.5. The molecule has 1 aliphatic carbocycles. The van der Waals surface area contributed by atoms with Crippen LogP contribution in [0, 0.1) is 19.3 Å². The van der Waals surface area contributed by atoms with Crippen molar-refractivity contribution in [3.05, 3.63) is 81.4 Å². The lowest BCUT2D eigenvalue weighted by Crippen LogP contribution is -2.28. The summed E-state index contributed by atoms with van der Waals surface area (Å²) in [6, 6.07) is 11.0. The van der Waals surface area contributed by atoms with E-state index in [4.69, 9.17) is 20.0 Å². The summed E-state index contributed by atoms with van der Waals surface area (Å²) >= 11 is 0. The molecule has 3 aromatic carbocycles. The predicted octanol–water partition coefficient (Wildman–Crippen LogP) is 6.47. The van der Waals surface area contributed by atoms with Crippen molar-refractivity contribution >= 4 is 17.7 Å². The first-order chi connectivity index (χ1) is 19.3. The number of hydrogen-bond acceptors (Lipinski definition) is 5. The van der Waals surface area contributed by atoms with Gasteiger partial charge in [0.1, 0.15) is 23.4 Å². The first kappa shape index (κ1) is 28.2. The average molecular weight is 567 g/mol. The van der Waals surface area contributed by atoms with Gasteiger partial charge in [-0.2, -0.15) is 13.2 Å². The van der Waals surface area contributed by atoms with E-state index in [2.05, 4.69) is 5.32 Å². The van der Waals surface area contributed by atoms with Crippen LogP contribution in [-0.2, 0) is 22.2 Å². The minimum atomic E-state index is -4.59. The number of aryl methyl sites for hydroxylation is 2. The molecule has 2 atom stereocenters. The SMILES string of the molecule is CC(=O)NC(=N)c1cc(C)c(-c2c(C(F)(F)F)ccc3c2CC[C@H]3Oc2ccc3c(c2)OCC3CC(=O)O)c(C)c1. The monoisotopic (exact) mass is 566 g/mol. The summed E-state index contributed by atoms with van der Waals surface area (Å²) in [5, 5.41) is 19.7. The largest absolute Gasteiger partial charge is 0.492 e. The molecule has 3 aromatic rings. The van der Waals surface area contributed by atoms with Gasteiger partial charge in [0.25, 0.3) is 0 Å². The first-order valence-electron chi connectivity index (χ1n) is 13.2. The highest BCUT2D eigenvalue weighted by molar-refractivity contribution is 6.06. The third-order valence-electron chi connectivity index (χ3n) is 7.59. The molecule has 1 heterocycles.